The van der Waals surface area contributed by atoms with Gasteiger partial charge < -0.3 is 19.5 Å². The Morgan fingerprint density at radius 3 is 2.42 bits per heavy atom. The summed E-state index contributed by atoms with van der Waals surface area (Å²) in [5, 5.41) is 9.99. The maximum Gasteiger partial charge on any atom is 0.410 e. The van der Waals surface area contributed by atoms with Crippen molar-refractivity contribution in [3.8, 4) is 11.5 Å². The van der Waals surface area contributed by atoms with E-state index in [1.54, 1.807) is 17.0 Å². The summed E-state index contributed by atoms with van der Waals surface area (Å²) in [4.78, 5) is 26.2. The molecule has 2 aliphatic heterocycles. The second-order valence-corrected chi connectivity index (χ2v) is 7.51. The highest BCUT2D eigenvalue weighted by molar-refractivity contribution is 6.01. The second kappa shape index (κ2) is 7.56. The summed E-state index contributed by atoms with van der Waals surface area (Å²) in [6.07, 6.45) is 0.992. The normalized spacial score (nSPS) is 18.3. The maximum atomic E-state index is 12.4. The van der Waals surface area contributed by atoms with E-state index in [1.165, 1.54) is 6.07 Å². The summed E-state index contributed by atoms with van der Waals surface area (Å²) in [7, 11) is 0. The third kappa shape index (κ3) is 4.29. The van der Waals surface area contributed by atoms with Crippen LogP contribution < -0.4 is 4.74 Å². The predicted octanol–water partition coefficient (Wildman–Crippen LogP) is 4.15. The summed E-state index contributed by atoms with van der Waals surface area (Å²) in [6.45, 7) is 10.4. The third-order valence-electron chi connectivity index (χ3n) is 4.42. The first-order chi connectivity index (χ1) is 12.2. The number of ether oxygens (including phenoxy) is 2. The number of phenolic OH excluding ortho intramolecular Hbond substituents is 1. The molecule has 1 spiro atoms. The number of carbonyl (C=O) groups excluding carboxylic acids is 2. The fourth-order valence-corrected chi connectivity index (χ4v) is 3.19. The van der Waals surface area contributed by atoms with Crippen molar-refractivity contribution in [1.82, 2.24) is 4.90 Å². The lowest BCUT2D eigenvalue weighted by Crippen LogP contribution is -2.52. The Morgan fingerprint density at radius 1 is 1.23 bits per heavy atom. The predicted molar refractivity (Wildman–Crippen MR) is 98.8 cm³/mol. The lowest BCUT2D eigenvalue weighted by Gasteiger charge is -2.44. The van der Waals surface area contributed by atoms with Crippen molar-refractivity contribution in [3.63, 3.8) is 0 Å². The fraction of sp³-hybridized carbons (Fsp3) is 0.600. The van der Waals surface area contributed by atoms with Crippen LogP contribution in [0.5, 0.6) is 11.5 Å². The molecule has 0 bridgehead atoms. The van der Waals surface area contributed by atoms with Crippen LogP contribution in [0.15, 0.2) is 18.2 Å². The SMILES string of the molecule is CC.CC(C)(C)OC(=O)N1CCC2(CC1)CC(=O)c1cccc(O)c1O2. The van der Waals surface area contributed by atoms with Crippen molar-refractivity contribution < 1.29 is 24.2 Å². The molecular formula is C20H29NO5. The summed E-state index contributed by atoms with van der Waals surface area (Å²) in [5.74, 6) is 0.215. The summed E-state index contributed by atoms with van der Waals surface area (Å²) in [6, 6.07) is 4.82. The fourth-order valence-electron chi connectivity index (χ4n) is 3.19. The van der Waals surface area contributed by atoms with Gasteiger partial charge in [0.25, 0.3) is 0 Å². The quantitative estimate of drug-likeness (QED) is 0.749. The molecule has 1 N–H and O–H groups in total. The molecule has 3 rings (SSSR count). The molecule has 1 fully saturated rings. The van der Waals surface area contributed by atoms with Gasteiger partial charge in [0.2, 0.25) is 0 Å². The minimum absolute atomic E-state index is 0.0190. The number of hydrogen-bond donors (Lipinski definition) is 1. The van der Waals surface area contributed by atoms with Crippen molar-refractivity contribution in [2.45, 2.75) is 65.1 Å². The highest BCUT2D eigenvalue weighted by Crippen LogP contribution is 2.43. The molecule has 0 aromatic heterocycles. The number of benzene rings is 1. The first-order valence-electron chi connectivity index (χ1n) is 9.21. The molecule has 0 radical (unpaired) electrons. The van der Waals surface area contributed by atoms with Crippen LogP contribution in [0.4, 0.5) is 4.79 Å². The van der Waals surface area contributed by atoms with Gasteiger partial charge in [0.1, 0.15) is 11.2 Å². The Bertz CT molecular complexity index is 669. The van der Waals surface area contributed by atoms with E-state index < -0.39 is 11.2 Å². The van der Waals surface area contributed by atoms with Gasteiger partial charge in [-0.05, 0) is 32.9 Å². The molecule has 0 aliphatic carbocycles. The Morgan fingerprint density at radius 2 is 1.85 bits per heavy atom. The van der Waals surface area contributed by atoms with Gasteiger partial charge in [0, 0.05) is 25.9 Å². The van der Waals surface area contributed by atoms with Crippen LogP contribution in [0.2, 0.25) is 0 Å². The molecule has 144 valence electrons. The van der Waals surface area contributed by atoms with Crippen LogP contribution in [0.3, 0.4) is 0 Å². The standard InChI is InChI=1S/C18H23NO5.C2H6/c1-17(2,3)24-16(22)19-9-7-18(8-10-19)11-14(21)12-5-4-6-13(20)15(12)23-18;1-2/h4-6,20H,7-11H2,1-3H3;1-2H3. The topological polar surface area (TPSA) is 76.1 Å². The molecule has 0 saturated carbocycles. The number of hydrogen-bond acceptors (Lipinski definition) is 5. The number of nitrogens with zero attached hydrogens (tertiary/aromatic N) is 1. The first kappa shape index (κ1) is 20.1. The van der Waals surface area contributed by atoms with E-state index >= 15 is 0 Å². The number of para-hydroxylation sites is 1. The van der Waals surface area contributed by atoms with Crippen molar-refractivity contribution in [1.29, 1.82) is 0 Å². The van der Waals surface area contributed by atoms with Crippen molar-refractivity contribution in [2.24, 2.45) is 0 Å². The Hall–Kier alpha value is -2.24. The molecule has 6 heteroatoms. The first-order valence-corrected chi connectivity index (χ1v) is 9.21. The molecule has 1 saturated heterocycles. The average Bonchev–Trinajstić information content (AvgIpc) is 2.57. The zero-order valence-electron chi connectivity index (χ0n) is 16.3. The molecule has 1 amide bonds. The van der Waals surface area contributed by atoms with Crippen LogP contribution in [-0.4, -0.2) is 46.2 Å². The van der Waals surface area contributed by atoms with E-state index in [9.17, 15) is 14.7 Å². The molecule has 1 aromatic carbocycles. The molecule has 0 atom stereocenters. The van der Waals surface area contributed by atoms with E-state index in [4.69, 9.17) is 9.47 Å². The van der Waals surface area contributed by atoms with E-state index in [2.05, 4.69) is 0 Å². The number of phenols is 1. The van der Waals surface area contributed by atoms with Crippen LogP contribution in [0.1, 0.15) is 64.2 Å². The molecule has 26 heavy (non-hydrogen) atoms. The zero-order chi connectivity index (χ0) is 19.5. The smallest absolute Gasteiger partial charge is 0.410 e. The summed E-state index contributed by atoms with van der Waals surface area (Å²) in [5.41, 5.74) is -0.759. The minimum Gasteiger partial charge on any atom is -0.504 e. The number of likely N-dealkylation sites (tertiary alicyclic amines) is 1. The Kier molecular flexibility index (Phi) is 5.84. The molecule has 1 aromatic rings. The van der Waals surface area contributed by atoms with Crippen LogP contribution in [0.25, 0.3) is 0 Å². The molecule has 6 nitrogen and oxygen atoms in total. The number of Topliss-reactive ketones (excluding diaryl/α,β-unsaturated/α-hetero) is 1. The Balaban J connectivity index is 0.00000117. The maximum absolute atomic E-state index is 12.4. The van der Waals surface area contributed by atoms with Gasteiger partial charge in [-0.3, -0.25) is 4.79 Å². The van der Waals surface area contributed by atoms with Gasteiger partial charge in [-0.25, -0.2) is 4.79 Å². The molecule has 2 aliphatic rings. The Labute approximate surface area is 155 Å². The average molecular weight is 363 g/mol. The van der Waals surface area contributed by atoms with Gasteiger partial charge in [0.15, 0.2) is 17.3 Å². The summed E-state index contributed by atoms with van der Waals surface area (Å²) < 4.78 is 11.4. The van der Waals surface area contributed by atoms with Gasteiger partial charge in [-0.2, -0.15) is 0 Å². The second-order valence-electron chi connectivity index (χ2n) is 7.51. The highest BCUT2D eigenvalue weighted by atomic mass is 16.6. The highest BCUT2D eigenvalue weighted by Gasteiger charge is 2.44. The van der Waals surface area contributed by atoms with E-state index in [0.717, 1.165) is 0 Å². The van der Waals surface area contributed by atoms with Crippen molar-refractivity contribution >= 4 is 11.9 Å². The van der Waals surface area contributed by atoms with Crippen molar-refractivity contribution in [3.05, 3.63) is 23.8 Å². The van der Waals surface area contributed by atoms with Crippen molar-refractivity contribution in [2.75, 3.05) is 13.1 Å². The van der Waals surface area contributed by atoms with E-state index in [0.29, 0.717) is 31.5 Å². The zero-order valence-corrected chi connectivity index (χ0v) is 16.3. The van der Waals surface area contributed by atoms with Gasteiger partial charge in [-0.1, -0.05) is 19.9 Å². The van der Waals surface area contributed by atoms with E-state index in [1.807, 2.05) is 34.6 Å². The number of aromatic hydroxyl groups is 1. The number of amides is 1. The monoisotopic (exact) mass is 363 g/mol. The molecule has 2 heterocycles. The number of fused-ring (bicyclic) bond motifs is 1. The van der Waals surface area contributed by atoms with Crippen LogP contribution in [0, 0.1) is 0 Å². The molecular weight excluding hydrogens is 334 g/mol. The number of rotatable bonds is 0. The largest absolute Gasteiger partial charge is 0.504 e. The van der Waals surface area contributed by atoms with Gasteiger partial charge in [0.05, 0.1) is 12.0 Å². The minimum atomic E-state index is -0.651. The number of carbonyl (C=O) groups is 2. The number of piperidine rings is 1. The van der Waals surface area contributed by atoms with E-state index in [-0.39, 0.29) is 29.8 Å². The molecule has 0 unspecified atom stereocenters. The van der Waals surface area contributed by atoms with Crippen LogP contribution >= 0.6 is 0 Å². The summed E-state index contributed by atoms with van der Waals surface area (Å²) >= 11 is 0. The number of ketones is 1. The lowest BCUT2D eigenvalue weighted by molar-refractivity contribution is -0.0236. The third-order valence-corrected chi connectivity index (χ3v) is 4.42. The lowest BCUT2D eigenvalue weighted by atomic mass is 9.82. The van der Waals surface area contributed by atoms with Gasteiger partial charge in [-0.15, -0.1) is 0 Å². The van der Waals surface area contributed by atoms with Crippen LogP contribution in [-0.2, 0) is 4.74 Å². The van der Waals surface area contributed by atoms with Gasteiger partial charge >= 0.3 is 6.09 Å².